The summed E-state index contributed by atoms with van der Waals surface area (Å²) in [6.45, 7) is 1.94. The molecule has 0 saturated heterocycles. The predicted octanol–water partition coefficient (Wildman–Crippen LogP) is 1.31. The monoisotopic (exact) mass is 311 g/mol. The molecule has 1 aromatic carbocycles. The molecule has 1 aromatic rings. The lowest BCUT2D eigenvalue weighted by molar-refractivity contribution is 0.275. The van der Waals surface area contributed by atoms with E-state index in [9.17, 15) is 4.21 Å². The lowest BCUT2D eigenvalue weighted by Gasteiger charge is -2.22. The highest BCUT2D eigenvalue weighted by Crippen LogP contribution is 2.25. The summed E-state index contributed by atoms with van der Waals surface area (Å²) in [6, 6.07) is 8.45. The van der Waals surface area contributed by atoms with Crippen molar-refractivity contribution in [2.45, 2.75) is 11.8 Å². The second kappa shape index (κ2) is 8.03. The van der Waals surface area contributed by atoms with Gasteiger partial charge in [-0.25, -0.2) is 4.57 Å². The van der Waals surface area contributed by atoms with Crippen LogP contribution in [0, 0.1) is 0 Å². The number of thiol groups is 1. The highest BCUT2D eigenvalue weighted by molar-refractivity contribution is 7.97. The Hall–Kier alpha value is -1.25. The Balaban J connectivity index is 0.000000555. The van der Waals surface area contributed by atoms with Crippen LogP contribution in [-0.2, 0) is 19.1 Å². The largest absolute Gasteiger partial charge is 0.466 e. The summed E-state index contributed by atoms with van der Waals surface area (Å²) in [5, 5.41) is 0. The Kier molecular flexibility index (Phi) is 7.50. The smallest absolute Gasteiger partial charge is 0.303 e. The first-order valence-corrected chi connectivity index (χ1v) is 8.02. The fourth-order valence-corrected chi connectivity index (χ4v) is 2.30. The summed E-state index contributed by atoms with van der Waals surface area (Å²) >= 11 is 0. The van der Waals surface area contributed by atoms with Crippen molar-refractivity contribution in [1.82, 2.24) is 0 Å². The number of benzene rings is 1. The molecule has 0 saturated carbocycles. The number of hydrogen-bond acceptors (Lipinski definition) is 3. The highest BCUT2D eigenvalue weighted by Gasteiger charge is 2.09. The zero-order chi connectivity index (χ0) is 14.9. The van der Waals surface area contributed by atoms with Crippen LogP contribution in [0.1, 0.15) is 6.92 Å². The minimum Gasteiger partial charge on any atom is -0.303 e. The quantitative estimate of drug-likeness (QED) is 0.216. The number of nitrogens with zero attached hydrogens (tertiary/aromatic N) is 3. The van der Waals surface area contributed by atoms with Gasteiger partial charge in [-0.05, 0) is 24.6 Å². The van der Waals surface area contributed by atoms with Crippen LogP contribution in [0.15, 0.2) is 39.7 Å². The van der Waals surface area contributed by atoms with Crippen LogP contribution in [0.25, 0.3) is 10.4 Å². The lowest BCUT2D eigenvalue weighted by Crippen LogP contribution is -2.12. The van der Waals surface area contributed by atoms with Gasteiger partial charge in [-0.2, -0.15) is 4.21 Å². The van der Waals surface area contributed by atoms with Gasteiger partial charge in [-0.1, -0.05) is 28.6 Å². The van der Waals surface area contributed by atoms with Crippen LogP contribution in [0.3, 0.4) is 0 Å². The fourth-order valence-electron chi connectivity index (χ4n) is 0.996. The van der Waals surface area contributed by atoms with E-state index in [0.717, 1.165) is 0 Å². The molecule has 0 unspecified atom stereocenters. The van der Waals surface area contributed by atoms with Crippen molar-refractivity contribution < 1.29 is 27.6 Å². The predicted molar refractivity (Wildman–Crippen MR) is 69.3 cm³/mol. The summed E-state index contributed by atoms with van der Waals surface area (Å²) in [6.07, 6.45) is 0. The molecule has 108 valence electrons. The van der Waals surface area contributed by atoms with Crippen LogP contribution in [0.2, 0.25) is 0 Å². The zero-order valence-corrected chi connectivity index (χ0v) is 11.7. The molecule has 0 aromatic heterocycles. The third kappa shape index (κ3) is 8.46. The molecule has 3 N–H and O–H groups in total. The van der Waals surface area contributed by atoms with Gasteiger partial charge in [0, 0.05) is 9.43 Å². The Labute approximate surface area is 110 Å². The molecule has 19 heavy (non-hydrogen) atoms. The van der Waals surface area contributed by atoms with Crippen molar-refractivity contribution in [3.8, 4) is 0 Å². The van der Waals surface area contributed by atoms with E-state index < -0.39 is 18.2 Å². The summed E-state index contributed by atoms with van der Waals surface area (Å²) in [5.41, 5.74) is 8.30. The summed E-state index contributed by atoms with van der Waals surface area (Å²) < 4.78 is 29.1. The Bertz CT molecular complexity index is 518. The number of phosphoric acid groups is 1. The SMILES string of the molecule is CCO[SH](=O)(N=[N+]=[N-])c1ccccc1.O=P(O)(O)O. The van der Waals surface area contributed by atoms with E-state index in [1.807, 2.05) is 0 Å². The van der Waals surface area contributed by atoms with Gasteiger partial charge in [0.2, 0.25) is 0 Å². The third-order valence-corrected chi connectivity index (χ3v) is 3.42. The molecular formula is C8H14N3O6PS. The van der Waals surface area contributed by atoms with Gasteiger partial charge in [0.1, 0.15) is 0 Å². The van der Waals surface area contributed by atoms with Gasteiger partial charge < -0.3 is 14.7 Å². The molecule has 0 aliphatic rings. The minimum atomic E-state index is -4.64. The number of rotatable bonds is 4. The second-order valence-electron chi connectivity index (χ2n) is 2.97. The van der Waals surface area contributed by atoms with Gasteiger partial charge in [-0.15, -0.1) is 0 Å². The van der Waals surface area contributed by atoms with Crippen LogP contribution < -0.4 is 0 Å². The third-order valence-electron chi connectivity index (χ3n) is 1.54. The standard InChI is InChI=1S/C8H11N3O2S.H3O4P/c1-2-13-14(12,11-10-9)8-6-4-3-5-7-8;1-5(2,3)4/h3-7,14H,2H2,1H3;(H3,1,2,3,4). The number of hydrogen-bond donors (Lipinski definition) is 4. The molecule has 0 fully saturated rings. The normalized spacial score (nSPS) is 11.8. The van der Waals surface area contributed by atoms with Gasteiger partial charge in [0.15, 0.2) is 0 Å². The van der Waals surface area contributed by atoms with Gasteiger partial charge in [0.05, 0.1) is 11.5 Å². The minimum absolute atomic E-state index is 0.241. The maximum absolute atomic E-state index is 12.0. The topological polar surface area (TPSA) is 153 Å². The van der Waals surface area contributed by atoms with Gasteiger partial charge in [0.25, 0.3) is 0 Å². The average molecular weight is 311 g/mol. The van der Waals surface area contributed by atoms with Crippen molar-refractivity contribution >= 4 is 18.2 Å². The van der Waals surface area contributed by atoms with E-state index in [1.165, 1.54) is 0 Å². The fraction of sp³-hybridized carbons (Fsp3) is 0.250. The molecule has 0 bridgehead atoms. The summed E-state index contributed by atoms with van der Waals surface area (Å²) in [4.78, 5) is 24.5. The lowest BCUT2D eigenvalue weighted by atomic mass is 10.4. The Morgan fingerprint density at radius 1 is 1.37 bits per heavy atom. The van der Waals surface area contributed by atoms with Crippen LogP contribution in [0.4, 0.5) is 0 Å². The van der Waals surface area contributed by atoms with Crippen molar-refractivity contribution in [1.29, 1.82) is 0 Å². The van der Waals surface area contributed by atoms with E-state index in [1.54, 1.807) is 37.3 Å². The van der Waals surface area contributed by atoms with E-state index in [0.29, 0.717) is 4.90 Å². The van der Waals surface area contributed by atoms with Crippen LogP contribution in [-0.4, -0.2) is 25.5 Å². The molecular weight excluding hydrogens is 297 g/mol. The first-order chi connectivity index (χ1) is 8.73. The first kappa shape index (κ1) is 17.8. The van der Waals surface area contributed by atoms with E-state index in [4.69, 9.17) is 29.0 Å². The molecule has 0 radical (unpaired) electrons. The highest BCUT2D eigenvalue weighted by atomic mass is 32.3. The van der Waals surface area contributed by atoms with Crippen molar-refractivity contribution in [3.63, 3.8) is 0 Å². The maximum Gasteiger partial charge on any atom is 0.466 e. The summed E-state index contributed by atoms with van der Waals surface area (Å²) in [5.74, 6) is 0. The van der Waals surface area contributed by atoms with Crippen molar-refractivity contribution in [2.24, 2.45) is 4.52 Å². The van der Waals surface area contributed by atoms with E-state index in [2.05, 4.69) is 9.43 Å². The van der Waals surface area contributed by atoms with Gasteiger partial charge >= 0.3 is 7.82 Å². The molecule has 11 heteroatoms. The average Bonchev–Trinajstić information content (AvgIpc) is 2.29. The summed E-state index contributed by atoms with van der Waals surface area (Å²) in [7, 11) is -8.00. The van der Waals surface area contributed by atoms with Crippen LogP contribution >= 0.6 is 7.82 Å². The molecule has 0 atom stereocenters. The molecule has 0 amide bonds. The molecule has 9 nitrogen and oxygen atoms in total. The first-order valence-electron chi connectivity index (χ1n) is 4.88. The number of azide groups is 1. The second-order valence-corrected chi connectivity index (χ2v) is 5.99. The molecule has 0 spiro atoms. The van der Waals surface area contributed by atoms with Crippen molar-refractivity contribution in [3.05, 3.63) is 40.8 Å². The molecule has 0 heterocycles. The molecule has 0 aliphatic heterocycles. The van der Waals surface area contributed by atoms with Gasteiger partial charge in [-0.3, -0.25) is 4.18 Å². The molecule has 1 rings (SSSR count). The Morgan fingerprint density at radius 3 is 2.21 bits per heavy atom. The van der Waals surface area contributed by atoms with Crippen molar-refractivity contribution in [2.75, 3.05) is 6.61 Å². The zero-order valence-electron chi connectivity index (χ0n) is 9.90. The maximum atomic E-state index is 12.0. The van der Waals surface area contributed by atoms with E-state index in [-0.39, 0.29) is 6.61 Å². The van der Waals surface area contributed by atoms with Crippen LogP contribution in [0.5, 0.6) is 0 Å². The molecule has 0 aliphatic carbocycles. The van der Waals surface area contributed by atoms with E-state index >= 15 is 0 Å². The Morgan fingerprint density at radius 2 is 1.84 bits per heavy atom.